The summed E-state index contributed by atoms with van der Waals surface area (Å²) in [4.78, 5) is 17.4. The molecule has 1 amide bonds. The van der Waals surface area contributed by atoms with E-state index in [4.69, 9.17) is 33.0 Å². The Morgan fingerprint density at radius 3 is 2.72 bits per heavy atom. The van der Waals surface area contributed by atoms with Crippen molar-refractivity contribution < 1.29 is 19.1 Å². The maximum Gasteiger partial charge on any atom is 0.261 e. The highest BCUT2D eigenvalue weighted by molar-refractivity contribution is 9.10. The van der Waals surface area contributed by atoms with Crippen LogP contribution in [0.25, 0.3) is 33.3 Å². The van der Waals surface area contributed by atoms with Crippen molar-refractivity contribution in [2.24, 2.45) is 0 Å². The Morgan fingerprint density at radius 2 is 1.94 bits per heavy atom. The second-order valence-electron chi connectivity index (χ2n) is 7.76. The molecule has 36 heavy (non-hydrogen) atoms. The summed E-state index contributed by atoms with van der Waals surface area (Å²) < 4.78 is 11.9. The van der Waals surface area contributed by atoms with Crippen molar-refractivity contribution in [1.82, 2.24) is 10.3 Å². The molecule has 0 aliphatic carbocycles. The van der Waals surface area contributed by atoms with Crippen molar-refractivity contribution in [3.8, 4) is 23.0 Å². The Balaban J connectivity index is 1.34. The average Bonchev–Trinajstić information content (AvgIpc) is 3.26. The highest BCUT2D eigenvalue weighted by atomic mass is 79.9. The van der Waals surface area contributed by atoms with E-state index in [1.807, 2.05) is 24.3 Å². The summed E-state index contributed by atoms with van der Waals surface area (Å²) in [7, 11) is 1.50. The number of ether oxygens (including phenoxy) is 1. The standard InChI is InChI=1S/C26H17BrClN3O4S/c1-34-23-18(10-13-4-2-3-5-16(13)22(23)27)24(33)31-26(36)29-15-7-8-17(20(32)12-15)25-30-19-11-14(28)6-9-21(19)35-25/h2-12,32H,1H3,(H2,29,31,33,36). The number of anilines is 1. The van der Waals surface area contributed by atoms with Crippen LogP contribution in [0, 0.1) is 0 Å². The van der Waals surface area contributed by atoms with E-state index in [9.17, 15) is 9.90 Å². The van der Waals surface area contributed by atoms with Crippen LogP contribution in [0.15, 0.2) is 75.6 Å². The summed E-state index contributed by atoms with van der Waals surface area (Å²) >= 11 is 14.9. The van der Waals surface area contributed by atoms with Crippen molar-refractivity contribution >= 4 is 78.3 Å². The molecule has 0 aliphatic rings. The number of phenolic OH excluding ortho intramolecular Hbond substituents is 1. The van der Waals surface area contributed by atoms with E-state index in [2.05, 4.69) is 31.5 Å². The number of oxazole rings is 1. The molecule has 0 fully saturated rings. The van der Waals surface area contributed by atoms with Crippen molar-refractivity contribution in [3.05, 3.63) is 81.8 Å². The number of hydrogen-bond acceptors (Lipinski definition) is 6. The number of phenols is 1. The third-order valence-electron chi connectivity index (χ3n) is 5.45. The number of amides is 1. The van der Waals surface area contributed by atoms with Gasteiger partial charge in [-0.3, -0.25) is 10.1 Å². The second kappa shape index (κ2) is 9.77. The number of nitrogens with zero attached hydrogens (tertiary/aromatic N) is 1. The van der Waals surface area contributed by atoms with Gasteiger partial charge in [0, 0.05) is 16.8 Å². The topological polar surface area (TPSA) is 96.6 Å². The lowest BCUT2D eigenvalue weighted by Gasteiger charge is -2.15. The van der Waals surface area contributed by atoms with Crippen LogP contribution in [0.1, 0.15) is 10.4 Å². The van der Waals surface area contributed by atoms with Gasteiger partial charge in [-0.15, -0.1) is 0 Å². The van der Waals surface area contributed by atoms with E-state index in [0.29, 0.717) is 43.2 Å². The summed E-state index contributed by atoms with van der Waals surface area (Å²) in [6.07, 6.45) is 0. The first-order chi connectivity index (χ1) is 17.3. The molecule has 0 saturated heterocycles. The zero-order valence-corrected chi connectivity index (χ0v) is 21.8. The van der Waals surface area contributed by atoms with Crippen LogP contribution in [0.5, 0.6) is 11.5 Å². The zero-order valence-electron chi connectivity index (χ0n) is 18.6. The molecule has 10 heteroatoms. The lowest BCUT2D eigenvalue weighted by atomic mass is 10.1. The molecule has 0 radical (unpaired) electrons. The van der Waals surface area contributed by atoms with Gasteiger partial charge in [0.25, 0.3) is 5.91 Å². The van der Waals surface area contributed by atoms with Gasteiger partial charge < -0.3 is 19.6 Å². The van der Waals surface area contributed by atoms with Crippen LogP contribution < -0.4 is 15.4 Å². The highest BCUT2D eigenvalue weighted by Gasteiger charge is 2.19. The molecule has 0 aliphatic heterocycles. The average molecular weight is 583 g/mol. The number of carbonyl (C=O) groups is 1. The van der Waals surface area contributed by atoms with Gasteiger partial charge in [-0.1, -0.05) is 35.9 Å². The number of hydrogen-bond donors (Lipinski definition) is 3. The number of benzene rings is 4. The van der Waals surface area contributed by atoms with Crippen LogP contribution in [0.3, 0.4) is 0 Å². The predicted molar refractivity (Wildman–Crippen MR) is 148 cm³/mol. The summed E-state index contributed by atoms with van der Waals surface area (Å²) in [6, 6.07) is 19.3. The normalized spacial score (nSPS) is 11.0. The maximum atomic E-state index is 13.0. The molecule has 5 aromatic rings. The monoisotopic (exact) mass is 581 g/mol. The first-order valence-corrected chi connectivity index (χ1v) is 12.2. The van der Waals surface area contributed by atoms with Gasteiger partial charge in [-0.05, 0) is 75.3 Å². The maximum absolute atomic E-state index is 13.0. The van der Waals surface area contributed by atoms with Gasteiger partial charge in [-0.2, -0.15) is 0 Å². The molecule has 0 unspecified atom stereocenters. The number of aromatic hydroxyl groups is 1. The molecule has 5 rings (SSSR count). The lowest BCUT2D eigenvalue weighted by Crippen LogP contribution is -2.34. The van der Waals surface area contributed by atoms with E-state index in [-0.39, 0.29) is 16.8 Å². The third-order valence-corrected chi connectivity index (χ3v) is 6.68. The SMILES string of the molecule is COc1c(C(=O)NC(=S)Nc2ccc(-c3nc4cc(Cl)ccc4o3)c(O)c2)cc2ccccc2c1Br. The molecular formula is C26H17BrClN3O4S. The number of fused-ring (bicyclic) bond motifs is 2. The third kappa shape index (κ3) is 4.60. The smallest absolute Gasteiger partial charge is 0.261 e. The molecule has 1 aromatic heterocycles. The number of halogens is 2. The van der Waals surface area contributed by atoms with E-state index >= 15 is 0 Å². The number of methoxy groups -OCH3 is 1. The molecule has 0 bridgehead atoms. The Bertz CT molecular complexity index is 1670. The van der Waals surface area contributed by atoms with Gasteiger partial charge in [0.15, 0.2) is 10.7 Å². The Morgan fingerprint density at radius 1 is 1.14 bits per heavy atom. The van der Waals surface area contributed by atoms with Crippen LogP contribution in [-0.4, -0.2) is 28.2 Å². The van der Waals surface area contributed by atoms with Crippen molar-refractivity contribution in [2.45, 2.75) is 0 Å². The summed E-state index contributed by atoms with van der Waals surface area (Å²) in [5.41, 5.74) is 2.32. The Labute approximate surface area is 224 Å². The molecule has 7 nitrogen and oxygen atoms in total. The number of aromatic nitrogens is 1. The molecular weight excluding hydrogens is 566 g/mol. The fourth-order valence-corrected chi connectivity index (χ4v) is 4.90. The van der Waals surface area contributed by atoms with Gasteiger partial charge in [0.05, 0.1) is 22.7 Å². The van der Waals surface area contributed by atoms with Crippen LogP contribution in [0.4, 0.5) is 5.69 Å². The number of rotatable bonds is 4. The van der Waals surface area contributed by atoms with Gasteiger partial charge in [0.2, 0.25) is 5.89 Å². The largest absolute Gasteiger partial charge is 0.507 e. The molecule has 1 heterocycles. The van der Waals surface area contributed by atoms with E-state index < -0.39 is 5.91 Å². The summed E-state index contributed by atoms with van der Waals surface area (Å²) in [5, 5.41) is 18.5. The van der Waals surface area contributed by atoms with Crippen molar-refractivity contribution in [2.75, 3.05) is 12.4 Å². The molecule has 0 spiro atoms. The van der Waals surface area contributed by atoms with Crippen molar-refractivity contribution in [3.63, 3.8) is 0 Å². The summed E-state index contributed by atoms with van der Waals surface area (Å²) in [6.45, 7) is 0. The number of nitrogens with one attached hydrogen (secondary N) is 2. The van der Waals surface area contributed by atoms with Crippen LogP contribution in [-0.2, 0) is 0 Å². The molecule has 180 valence electrons. The molecule has 3 N–H and O–H groups in total. The highest BCUT2D eigenvalue weighted by Crippen LogP contribution is 2.37. The lowest BCUT2D eigenvalue weighted by molar-refractivity contribution is 0.0975. The van der Waals surface area contributed by atoms with E-state index in [1.54, 1.807) is 36.4 Å². The minimum absolute atomic E-state index is 0.0509. The first-order valence-electron chi connectivity index (χ1n) is 10.6. The number of carbonyl (C=O) groups excluding carboxylic acids is 1. The second-order valence-corrected chi connectivity index (χ2v) is 9.40. The van der Waals surface area contributed by atoms with E-state index in [1.165, 1.54) is 13.2 Å². The quantitative estimate of drug-likeness (QED) is 0.198. The molecule has 0 atom stereocenters. The molecule has 4 aromatic carbocycles. The molecule has 0 saturated carbocycles. The Hall–Kier alpha value is -3.66. The van der Waals surface area contributed by atoms with Crippen LogP contribution >= 0.6 is 39.7 Å². The fraction of sp³-hybridized carbons (Fsp3) is 0.0385. The van der Waals surface area contributed by atoms with Crippen molar-refractivity contribution in [1.29, 1.82) is 0 Å². The Kier molecular flexibility index (Phi) is 6.53. The number of thiocarbonyl (C=S) groups is 1. The van der Waals surface area contributed by atoms with Gasteiger partial charge in [0.1, 0.15) is 17.0 Å². The van der Waals surface area contributed by atoms with Crippen LogP contribution in [0.2, 0.25) is 5.02 Å². The fourth-order valence-electron chi connectivity index (χ4n) is 3.79. The minimum atomic E-state index is -0.443. The minimum Gasteiger partial charge on any atom is -0.507 e. The van der Waals surface area contributed by atoms with Gasteiger partial charge >= 0.3 is 0 Å². The van der Waals surface area contributed by atoms with Gasteiger partial charge in [-0.25, -0.2) is 4.98 Å². The summed E-state index contributed by atoms with van der Waals surface area (Å²) in [5.74, 6) is 0.130. The van der Waals surface area contributed by atoms with E-state index in [0.717, 1.165) is 10.8 Å². The predicted octanol–water partition coefficient (Wildman–Crippen LogP) is 6.90. The zero-order chi connectivity index (χ0) is 25.4. The first kappa shape index (κ1) is 24.1.